The second-order valence-corrected chi connectivity index (χ2v) is 9.27. The molecule has 1 atom stereocenters. The molecule has 2 amide bonds. The molecule has 1 spiro atoms. The van der Waals surface area contributed by atoms with Crippen molar-refractivity contribution >= 4 is 23.2 Å². The number of nitrogens with zero attached hydrogens (tertiary/aromatic N) is 3. The Labute approximate surface area is 165 Å². The van der Waals surface area contributed by atoms with Gasteiger partial charge in [-0.05, 0) is 51.4 Å². The van der Waals surface area contributed by atoms with E-state index in [4.69, 9.17) is 4.74 Å². The van der Waals surface area contributed by atoms with Crippen LogP contribution in [0.5, 0.6) is 0 Å². The smallest absolute Gasteiger partial charge is 0.263 e. The van der Waals surface area contributed by atoms with Gasteiger partial charge < -0.3 is 19.4 Å². The van der Waals surface area contributed by atoms with Gasteiger partial charge in [0.15, 0.2) is 0 Å². The lowest BCUT2D eigenvalue weighted by molar-refractivity contribution is -0.138. The van der Waals surface area contributed by atoms with Crippen LogP contribution in [0.1, 0.15) is 46.3 Å². The predicted octanol–water partition coefficient (Wildman–Crippen LogP) is 1.93. The highest BCUT2D eigenvalue weighted by Gasteiger charge is 2.43. The summed E-state index contributed by atoms with van der Waals surface area (Å²) in [5, 5.41) is 0. The Morgan fingerprint density at radius 1 is 1.22 bits per heavy atom. The maximum absolute atomic E-state index is 13.1. The molecule has 0 aliphatic carbocycles. The first-order chi connectivity index (χ1) is 12.9. The van der Waals surface area contributed by atoms with Crippen LogP contribution in [0, 0.1) is 0 Å². The molecule has 2 saturated heterocycles. The van der Waals surface area contributed by atoms with E-state index in [0.29, 0.717) is 12.6 Å². The van der Waals surface area contributed by atoms with E-state index in [9.17, 15) is 9.59 Å². The third-order valence-electron chi connectivity index (χ3n) is 6.38. The number of piperidine rings is 1. The van der Waals surface area contributed by atoms with Gasteiger partial charge in [0.25, 0.3) is 5.91 Å². The Hall–Kier alpha value is -1.44. The molecule has 0 aromatic carbocycles. The normalized spacial score (nSPS) is 24.5. The van der Waals surface area contributed by atoms with Gasteiger partial charge in [-0.25, -0.2) is 0 Å². The number of amides is 2. The zero-order valence-electron chi connectivity index (χ0n) is 16.5. The second kappa shape index (κ2) is 7.18. The molecule has 3 aliphatic heterocycles. The number of thiophene rings is 1. The van der Waals surface area contributed by atoms with Crippen LogP contribution in [0.2, 0.25) is 0 Å². The lowest BCUT2D eigenvalue weighted by atomic mass is 9.85. The number of likely N-dealkylation sites (tertiary alicyclic amines) is 2. The summed E-state index contributed by atoms with van der Waals surface area (Å²) in [7, 11) is 4.16. The van der Waals surface area contributed by atoms with Crippen molar-refractivity contribution in [3.05, 3.63) is 21.4 Å². The minimum atomic E-state index is -0.306. The summed E-state index contributed by atoms with van der Waals surface area (Å²) in [6, 6.07) is 2.56. The van der Waals surface area contributed by atoms with Crippen LogP contribution in [-0.2, 0) is 21.6 Å². The van der Waals surface area contributed by atoms with Crippen molar-refractivity contribution in [1.29, 1.82) is 0 Å². The highest BCUT2D eigenvalue weighted by atomic mass is 32.1. The third-order valence-corrected chi connectivity index (χ3v) is 7.73. The SMILES string of the molecule is CC(=O)N1CCC2(CC1)OCCc1cc(C(=O)N3CCC(N(C)C)C3)sc12. The average Bonchev–Trinajstić information content (AvgIpc) is 3.30. The molecule has 0 bridgehead atoms. The lowest BCUT2D eigenvalue weighted by Gasteiger charge is -2.43. The van der Waals surface area contributed by atoms with Gasteiger partial charge in [-0.1, -0.05) is 0 Å². The maximum atomic E-state index is 13.1. The van der Waals surface area contributed by atoms with Gasteiger partial charge >= 0.3 is 0 Å². The summed E-state index contributed by atoms with van der Waals surface area (Å²) in [6.45, 7) is 5.43. The molecular weight excluding hydrogens is 362 g/mol. The predicted molar refractivity (Wildman–Crippen MR) is 105 cm³/mol. The fourth-order valence-electron chi connectivity index (χ4n) is 4.59. The van der Waals surface area contributed by atoms with E-state index in [1.165, 1.54) is 10.4 Å². The van der Waals surface area contributed by atoms with Crippen molar-refractivity contribution in [1.82, 2.24) is 14.7 Å². The zero-order valence-corrected chi connectivity index (χ0v) is 17.3. The summed E-state index contributed by atoms with van der Waals surface area (Å²) >= 11 is 1.62. The van der Waals surface area contributed by atoms with Gasteiger partial charge in [-0.2, -0.15) is 0 Å². The highest BCUT2D eigenvalue weighted by Crippen LogP contribution is 2.45. The number of hydrogen-bond acceptors (Lipinski definition) is 5. The Bertz CT molecular complexity index is 737. The van der Waals surface area contributed by atoms with Gasteiger partial charge in [0.05, 0.1) is 11.5 Å². The van der Waals surface area contributed by atoms with Crippen molar-refractivity contribution in [2.24, 2.45) is 0 Å². The first-order valence-electron chi connectivity index (χ1n) is 9.88. The first-order valence-corrected chi connectivity index (χ1v) is 10.7. The van der Waals surface area contributed by atoms with E-state index in [2.05, 4.69) is 25.1 Å². The minimum Gasteiger partial charge on any atom is -0.369 e. The molecule has 27 heavy (non-hydrogen) atoms. The summed E-state index contributed by atoms with van der Waals surface area (Å²) in [4.78, 5) is 32.9. The molecule has 0 saturated carbocycles. The number of hydrogen-bond donors (Lipinski definition) is 0. The molecule has 148 valence electrons. The molecule has 0 N–H and O–H groups in total. The van der Waals surface area contributed by atoms with Gasteiger partial charge in [0.1, 0.15) is 5.60 Å². The molecule has 0 radical (unpaired) electrons. The maximum Gasteiger partial charge on any atom is 0.263 e. The second-order valence-electron chi connectivity index (χ2n) is 8.22. The van der Waals surface area contributed by atoms with Crippen molar-refractivity contribution < 1.29 is 14.3 Å². The number of rotatable bonds is 2. The third kappa shape index (κ3) is 3.41. The number of likely N-dealkylation sites (N-methyl/N-ethyl adjacent to an activating group) is 1. The molecule has 2 fully saturated rings. The minimum absolute atomic E-state index is 0.132. The fraction of sp³-hybridized carbons (Fsp3) is 0.700. The van der Waals surface area contributed by atoms with Gasteiger partial charge in [-0.15, -0.1) is 11.3 Å². The summed E-state index contributed by atoms with van der Waals surface area (Å²) < 4.78 is 6.27. The van der Waals surface area contributed by atoms with Crippen LogP contribution in [0.3, 0.4) is 0 Å². The number of fused-ring (bicyclic) bond motifs is 2. The Morgan fingerprint density at radius 3 is 2.59 bits per heavy atom. The Balaban J connectivity index is 1.53. The van der Waals surface area contributed by atoms with E-state index in [1.54, 1.807) is 18.3 Å². The number of carbonyl (C=O) groups excluding carboxylic acids is 2. The largest absolute Gasteiger partial charge is 0.369 e. The molecule has 1 aromatic rings. The van der Waals surface area contributed by atoms with Gasteiger partial charge in [0.2, 0.25) is 5.91 Å². The van der Waals surface area contributed by atoms with Crippen LogP contribution in [0.4, 0.5) is 0 Å². The van der Waals surface area contributed by atoms with Gasteiger partial charge in [-0.3, -0.25) is 9.59 Å². The summed E-state index contributed by atoms with van der Waals surface area (Å²) in [5.41, 5.74) is 0.967. The monoisotopic (exact) mass is 391 g/mol. The first kappa shape index (κ1) is 18.9. The summed E-state index contributed by atoms with van der Waals surface area (Å²) in [6.07, 6.45) is 3.55. The standard InChI is InChI=1S/C20H29N3O3S/c1-14(24)22-9-6-20(7-10-22)18-15(5-11-26-20)12-17(27-18)19(25)23-8-4-16(13-23)21(2)3/h12,16H,4-11,13H2,1-3H3. The van der Waals surface area contributed by atoms with Crippen LogP contribution >= 0.6 is 11.3 Å². The van der Waals surface area contributed by atoms with E-state index in [0.717, 1.165) is 56.7 Å². The average molecular weight is 392 g/mol. The van der Waals surface area contributed by atoms with Crippen molar-refractivity contribution in [3.8, 4) is 0 Å². The van der Waals surface area contributed by atoms with Crippen LogP contribution in [0.15, 0.2) is 6.07 Å². The van der Waals surface area contributed by atoms with Crippen LogP contribution in [-0.4, -0.2) is 79.4 Å². The van der Waals surface area contributed by atoms with Crippen LogP contribution in [0.25, 0.3) is 0 Å². The Kier molecular flexibility index (Phi) is 5.03. The van der Waals surface area contributed by atoms with Crippen molar-refractivity contribution in [2.45, 2.75) is 44.2 Å². The molecule has 4 rings (SSSR count). The molecule has 1 aromatic heterocycles. The molecule has 1 unspecified atom stereocenters. The lowest BCUT2D eigenvalue weighted by Crippen LogP contribution is -2.47. The molecule has 3 aliphatic rings. The molecule has 7 heteroatoms. The van der Waals surface area contributed by atoms with E-state index in [-0.39, 0.29) is 17.4 Å². The topological polar surface area (TPSA) is 53.1 Å². The van der Waals surface area contributed by atoms with E-state index in [1.807, 2.05) is 9.80 Å². The van der Waals surface area contributed by atoms with E-state index >= 15 is 0 Å². The molecular formula is C20H29N3O3S. The Morgan fingerprint density at radius 2 is 1.96 bits per heavy atom. The zero-order chi connectivity index (χ0) is 19.2. The van der Waals surface area contributed by atoms with Crippen molar-refractivity contribution in [3.63, 3.8) is 0 Å². The number of ether oxygens (including phenoxy) is 1. The van der Waals surface area contributed by atoms with Crippen LogP contribution < -0.4 is 0 Å². The number of carbonyl (C=O) groups is 2. The van der Waals surface area contributed by atoms with E-state index < -0.39 is 0 Å². The summed E-state index contributed by atoms with van der Waals surface area (Å²) in [5.74, 6) is 0.294. The van der Waals surface area contributed by atoms with Crippen molar-refractivity contribution in [2.75, 3.05) is 46.9 Å². The van der Waals surface area contributed by atoms with Gasteiger partial charge in [0, 0.05) is 44.0 Å². The molecule has 6 nitrogen and oxygen atoms in total. The highest BCUT2D eigenvalue weighted by molar-refractivity contribution is 7.14. The molecule has 4 heterocycles. The fourth-order valence-corrected chi connectivity index (χ4v) is 5.96. The quantitative estimate of drug-likeness (QED) is 0.773.